The number of hydrogen-bond donors (Lipinski definition) is 2. The van der Waals surface area contributed by atoms with E-state index in [9.17, 15) is 0 Å². The van der Waals surface area contributed by atoms with E-state index in [1.54, 1.807) is 29.7 Å². The van der Waals surface area contributed by atoms with Crippen molar-refractivity contribution in [2.45, 2.75) is 6.92 Å². The quantitative estimate of drug-likeness (QED) is 0.306. The van der Waals surface area contributed by atoms with Gasteiger partial charge in [0.1, 0.15) is 0 Å². The molecule has 0 spiro atoms. The second-order valence-electron chi connectivity index (χ2n) is 5.10. The Morgan fingerprint density at radius 3 is 2.62 bits per heavy atom. The van der Waals surface area contributed by atoms with Gasteiger partial charge >= 0.3 is 0 Å². The third kappa shape index (κ3) is 6.27. The number of hydrogen-bond acceptors (Lipinski definition) is 5. The summed E-state index contributed by atoms with van der Waals surface area (Å²) in [6.07, 6.45) is 11.4. The predicted octanol–water partition coefficient (Wildman–Crippen LogP) is 4.72. The van der Waals surface area contributed by atoms with Crippen LogP contribution in [-0.4, -0.2) is 11.2 Å². The molecule has 1 aromatic heterocycles. The molecule has 3 rings (SSSR count). The number of para-hydroxylation sites is 2. The van der Waals surface area contributed by atoms with E-state index in [4.69, 9.17) is 12.2 Å². The van der Waals surface area contributed by atoms with Gasteiger partial charge in [-0.3, -0.25) is 5.43 Å². The molecule has 3 aromatic rings. The number of nitrogens with zero attached hydrogens (tertiary/aromatic N) is 2. The number of benzene rings is 2. The zero-order chi connectivity index (χ0) is 18.6. The predicted molar refractivity (Wildman–Crippen MR) is 113 cm³/mol. The molecule has 0 aliphatic rings. The summed E-state index contributed by atoms with van der Waals surface area (Å²) in [5.74, 6) is 2.38. The lowest BCUT2D eigenvalue weighted by Crippen LogP contribution is -1.92. The van der Waals surface area contributed by atoms with Gasteiger partial charge in [0.15, 0.2) is 0 Å². The molecule has 0 saturated heterocycles. The van der Waals surface area contributed by atoms with E-state index in [2.05, 4.69) is 27.5 Å². The minimum atomic E-state index is 0.737. The number of hydrazone groups is 1. The van der Waals surface area contributed by atoms with Crippen LogP contribution in [0.25, 0.3) is 10.2 Å². The maximum absolute atomic E-state index is 5.39. The van der Waals surface area contributed by atoms with Crippen LogP contribution in [0.3, 0.4) is 0 Å². The molecule has 2 aromatic carbocycles. The number of rotatable bonds is 4. The van der Waals surface area contributed by atoms with Gasteiger partial charge in [0.25, 0.3) is 0 Å². The van der Waals surface area contributed by atoms with Crippen LogP contribution in [0.2, 0.25) is 0 Å². The standard InChI is InChI=1S/C13H13N3.C8H7NS/c1-2-3-7-12(10-14)11-15-16-13-8-5-4-6-9-13;1-6-9-7-4-2-3-5-8(7)10-6/h1,3-11,16H,14H2;2-5H,1H3/b7-3-,12-10+,15-11-;. The molecule has 0 fully saturated rings. The van der Waals surface area contributed by atoms with Crippen LogP contribution in [0.15, 0.2) is 83.6 Å². The molecule has 3 N–H and O–H groups in total. The van der Waals surface area contributed by atoms with Gasteiger partial charge in [-0.05, 0) is 43.3 Å². The summed E-state index contributed by atoms with van der Waals surface area (Å²) in [5.41, 5.74) is 11.0. The van der Waals surface area contributed by atoms with Gasteiger partial charge in [-0.25, -0.2) is 4.98 Å². The number of allylic oxidation sites excluding steroid dienone is 3. The van der Waals surface area contributed by atoms with E-state index in [1.807, 2.05) is 55.5 Å². The first-order valence-electron chi connectivity index (χ1n) is 7.94. The molecule has 0 atom stereocenters. The first kappa shape index (κ1) is 19.0. The maximum Gasteiger partial charge on any atom is 0.0907 e. The molecule has 5 heteroatoms. The molecule has 0 aliphatic heterocycles. The molecule has 130 valence electrons. The lowest BCUT2D eigenvalue weighted by atomic mass is 10.3. The van der Waals surface area contributed by atoms with E-state index in [0.717, 1.165) is 21.8 Å². The third-order valence-electron chi connectivity index (χ3n) is 3.15. The summed E-state index contributed by atoms with van der Waals surface area (Å²) in [5, 5.41) is 5.16. The normalized spacial score (nSPS) is 11.3. The molecule has 26 heavy (non-hydrogen) atoms. The minimum Gasteiger partial charge on any atom is -0.404 e. The summed E-state index contributed by atoms with van der Waals surface area (Å²) >= 11 is 1.74. The van der Waals surface area contributed by atoms with Gasteiger partial charge in [0, 0.05) is 11.8 Å². The molecule has 0 amide bonds. The van der Waals surface area contributed by atoms with Gasteiger partial charge in [0.05, 0.1) is 27.1 Å². The van der Waals surface area contributed by atoms with Crippen LogP contribution in [0.1, 0.15) is 5.01 Å². The number of fused-ring (bicyclic) bond motifs is 1. The van der Waals surface area contributed by atoms with Crippen molar-refractivity contribution < 1.29 is 0 Å². The average Bonchev–Trinajstić information content (AvgIpc) is 3.06. The molecule has 0 aliphatic carbocycles. The molecule has 4 nitrogen and oxygen atoms in total. The average molecular weight is 360 g/mol. The van der Waals surface area contributed by atoms with Crippen LogP contribution in [0.5, 0.6) is 0 Å². The fourth-order valence-electron chi connectivity index (χ4n) is 1.97. The van der Waals surface area contributed by atoms with Crippen molar-refractivity contribution in [2.24, 2.45) is 10.8 Å². The van der Waals surface area contributed by atoms with Gasteiger partial charge < -0.3 is 5.73 Å². The molecule has 1 heterocycles. The van der Waals surface area contributed by atoms with Crippen LogP contribution in [0.4, 0.5) is 5.69 Å². The summed E-state index contributed by atoms with van der Waals surface area (Å²) < 4.78 is 1.28. The Kier molecular flexibility index (Phi) is 7.66. The monoisotopic (exact) mass is 360 g/mol. The highest BCUT2D eigenvalue weighted by molar-refractivity contribution is 7.18. The lowest BCUT2D eigenvalue weighted by molar-refractivity contribution is 1.35. The van der Waals surface area contributed by atoms with E-state index in [0.29, 0.717) is 0 Å². The first-order valence-corrected chi connectivity index (χ1v) is 8.75. The van der Waals surface area contributed by atoms with Crippen molar-refractivity contribution in [3.8, 4) is 12.3 Å². The largest absolute Gasteiger partial charge is 0.404 e. The molecule has 0 radical (unpaired) electrons. The van der Waals surface area contributed by atoms with Gasteiger partial charge in [-0.15, -0.1) is 17.8 Å². The van der Waals surface area contributed by atoms with Crippen LogP contribution in [-0.2, 0) is 0 Å². The number of terminal acetylenes is 1. The summed E-state index contributed by atoms with van der Waals surface area (Å²) in [7, 11) is 0. The van der Waals surface area contributed by atoms with Crippen molar-refractivity contribution in [1.82, 2.24) is 4.98 Å². The lowest BCUT2D eigenvalue weighted by Gasteiger charge is -1.98. The van der Waals surface area contributed by atoms with Crippen molar-refractivity contribution in [1.29, 1.82) is 0 Å². The highest BCUT2D eigenvalue weighted by Gasteiger charge is 1.95. The number of nitrogens with two attached hydrogens (primary N) is 1. The van der Waals surface area contributed by atoms with E-state index in [-0.39, 0.29) is 0 Å². The van der Waals surface area contributed by atoms with Crippen molar-refractivity contribution in [3.63, 3.8) is 0 Å². The Morgan fingerprint density at radius 2 is 1.92 bits per heavy atom. The first-order chi connectivity index (χ1) is 12.7. The summed E-state index contributed by atoms with van der Waals surface area (Å²) in [4.78, 5) is 4.33. The maximum atomic E-state index is 5.39. The van der Waals surface area contributed by atoms with Crippen molar-refractivity contribution >= 4 is 33.5 Å². The molecule has 0 saturated carbocycles. The van der Waals surface area contributed by atoms with Gasteiger partial charge in [-0.1, -0.05) is 36.3 Å². The fraction of sp³-hybridized carbons (Fsp3) is 0.0476. The zero-order valence-corrected chi connectivity index (χ0v) is 15.3. The second-order valence-corrected chi connectivity index (χ2v) is 6.34. The van der Waals surface area contributed by atoms with Crippen molar-refractivity contribution in [3.05, 3.63) is 83.5 Å². The molecule has 0 bridgehead atoms. The Morgan fingerprint density at radius 1 is 1.19 bits per heavy atom. The Labute approximate surface area is 157 Å². The van der Waals surface area contributed by atoms with Crippen LogP contribution < -0.4 is 11.2 Å². The van der Waals surface area contributed by atoms with Gasteiger partial charge in [-0.2, -0.15) is 5.10 Å². The number of nitrogens with one attached hydrogen (secondary N) is 1. The second kappa shape index (κ2) is 10.5. The Balaban J connectivity index is 0.000000206. The number of thiazole rings is 1. The van der Waals surface area contributed by atoms with E-state index < -0.39 is 0 Å². The summed E-state index contributed by atoms with van der Waals surface area (Å²) in [6, 6.07) is 17.8. The fourth-order valence-corrected chi connectivity index (χ4v) is 2.79. The van der Waals surface area contributed by atoms with Crippen LogP contribution >= 0.6 is 11.3 Å². The highest BCUT2D eigenvalue weighted by Crippen LogP contribution is 2.19. The zero-order valence-electron chi connectivity index (χ0n) is 14.5. The van der Waals surface area contributed by atoms with Crippen molar-refractivity contribution in [2.75, 3.05) is 5.43 Å². The number of aromatic nitrogens is 1. The number of aryl methyl sites for hydroxylation is 1. The molecular weight excluding hydrogens is 340 g/mol. The Hall–Kier alpha value is -3.36. The minimum absolute atomic E-state index is 0.737. The summed E-state index contributed by atoms with van der Waals surface area (Å²) in [6.45, 7) is 2.03. The highest BCUT2D eigenvalue weighted by atomic mass is 32.1. The Bertz CT molecular complexity index is 914. The van der Waals surface area contributed by atoms with E-state index in [1.165, 1.54) is 10.9 Å². The topological polar surface area (TPSA) is 63.3 Å². The molecule has 0 unspecified atom stereocenters. The SMILES string of the molecule is C#C\C=C/C(/C=N\Nc1ccccc1)=C\N.Cc1nc2ccccc2s1. The smallest absolute Gasteiger partial charge is 0.0907 e. The van der Waals surface area contributed by atoms with Crippen LogP contribution in [0, 0.1) is 19.3 Å². The molecular formula is C21H20N4S. The number of anilines is 1. The van der Waals surface area contributed by atoms with Gasteiger partial charge in [0.2, 0.25) is 0 Å². The van der Waals surface area contributed by atoms with E-state index >= 15 is 0 Å². The third-order valence-corrected chi connectivity index (χ3v) is 4.10.